The molecule has 0 saturated carbocycles. The Balaban J connectivity index is 1.50. The molecule has 1 aromatic carbocycles. The van der Waals surface area contributed by atoms with Gasteiger partial charge < -0.3 is 9.84 Å². The van der Waals surface area contributed by atoms with E-state index >= 15 is 0 Å². The monoisotopic (exact) mass is 434 g/mol. The van der Waals surface area contributed by atoms with Crippen molar-refractivity contribution in [1.82, 2.24) is 20.4 Å². The molecule has 0 fully saturated rings. The number of nitrogens with zero attached hydrogens (tertiary/aromatic N) is 3. The molecule has 0 bridgehead atoms. The molecule has 0 radical (unpaired) electrons. The molecule has 7 heteroatoms. The average Bonchev–Trinajstić information content (AvgIpc) is 3.09. The number of amides is 1. The summed E-state index contributed by atoms with van der Waals surface area (Å²) in [4.78, 5) is 20.2. The highest BCUT2D eigenvalue weighted by molar-refractivity contribution is 14.1. The molecule has 2 aromatic heterocycles. The molecule has 0 aliphatic heterocycles. The molecule has 2 heterocycles. The van der Waals surface area contributed by atoms with Crippen LogP contribution in [-0.4, -0.2) is 21.0 Å². The summed E-state index contributed by atoms with van der Waals surface area (Å²) in [7, 11) is 0. The lowest BCUT2D eigenvalue weighted by Crippen LogP contribution is -2.23. The fourth-order valence-corrected chi connectivity index (χ4v) is 2.44. The number of rotatable bonds is 6. The summed E-state index contributed by atoms with van der Waals surface area (Å²) in [5.41, 5.74) is 1.86. The number of aromatic nitrogens is 3. The van der Waals surface area contributed by atoms with Crippen LogP contribution in [0.2, 0.25) is 0 Å². The van der Waals surface area contributed by atoms with Gasteiger partial charge in [0.25, 0.3) is 0 Å². The zero-order valence-corrected chi connectivity index (χ0v) is 14.9. The second kappa shape index (κ2) is 8.00. The summed E-state index contributed by atoms with van der Waals surface area (Å²) in [5, 5.41) is 6.80. The van der Waals surface area contributed by atoms with E-state index in [-0.39, 0.29) is 5.91 Å². The Morgan fingerprint density at radius 2 is 2.04 bits per heavy atom. The number of halogens is 1. The van der Waals surface area contributed by atoms with Crippen LogP contribution >= 0.6 is 22.6 Å². The average molecular weight is 434 g/mol. The van der Waals surface area contributed by atoms with Crippen molar-refractivity contribution in [3.05, 3.63) is 63.8 Å². The second-order valence-electron chi connectivity index (χ2n) is 5.16. The van der Waals surface area contributed by atoms with Crippen molar-refractivity contribution in [2.75, 3.05) is 0 Å². The van der Waals surface area contributed by atoms with Gasteiger partial charge in [-0.2, -0.15) is 4.98 Å². The Bertz CT molecular complexity index is 803. The number of carbonyl (C=O) groups excluding carboxylic acids is 1. The number of carbonyl (C=O) groups is 1. The normalized spacial score (nSPS) is 10.5. The maximum absolute atomic E-state index is 11.9. The van der Waals surface area contributed by atoms with Crippen molar-refractivity contribution >= 4 is 28.5 Å². The molecule has 0 aliphatic rings. The van der Waals surface area contributed by atoms with E-state index in [9.17, 15) is 4.79 Å². The first-order valence-electron chi connectivity index (χ1n) is 7.45. The van der Waals surface area contributed by atoms with Crippen molar-refractivity contribution in [1.29, 1.82) is 0 Å². The Hall–Kier alpha value is -2.29. The van der Waals surface area contributed by atoms with Crippen LogP contribution in [0, 0.1) is 3.57 Å². The topological polar surface area (TPSA) is 80.9 Å². The van der Waals surface area contributed by atoms with Crippen molar-refractivity contribution in [2.24, 2.45) is 0 Å². The number of pyridine rings is 1. The van der Waals surface area contributed by atoms with E-state index in [1.165, 1.54) is 0 Å². The van der Waals surface area contributed by atoms with Gasteiger partial charge in [0.1, 0.15) is 0 Å². The zero-order chi connectivity index (χ0) is 16.8. The number of hydrogen-bond acceptors (Lipinski definition) is 5. The van der Waals surface area contributed by atoms with Gasteiger partial charge in [-0.3, -0.25) is 9.78 Å². The Morgan fingerprint density at radius 3 is 2.79 bits per heavy atom. The number of nitrogens with one attached hydrogen (secondary N) is 1. The second-order valence-corrected chi connectivity index (χ2v) is 6.40. The lowest BCUT2D eigenvalue weighted by atomic mass is 10.2. The van der Waals surface area contributed by atoms with Crippen LogP contribution in [0.5, 0.6) is 0 Å². The molecule has 0 atom stereocenters. The van der Waals surface area contributed by atoms with Gasteiger partial charge in [-0.1, -0.05) is 23.4 Å². The number of benzene rings is 1. The largest absolute Gasteiger partial charge is 0.352 e. The minimum atomic E-state index is -0.0622. The molecule has 1 N–H and O–H groups in total. The van der Waals surface area contributed by atoms with Gasteiger partial charge in [0, 0.05) is 40.9 Å². The van der Waals surface area contributed by atoms with Gasteiger partial charge in [-0.15, -0.1) is 0 Å². The first-order valence-corrected chi connectivity index (χ1v) is 8.53. The maximum atomic E-state index is 11.9. The van der Waals surface area contributed by atoms with Gasteiger partial charge in [-0.05, 0) is 46.4 Å². The van der Waals surface area contributed by atoms with Crippen molar-refractivity contribution in [3.8, 4) is 11.4 Å². The predicted octanol–water partition coefficient (Wildman–Crippen LogP) is 2.99. The molecule has 0 unspecified atom stereocenters. The number of aryl methyl sites for hydroxylation is 1. The van der Waals surface area contributed by atoms with Gasteiger partial charge in [0.05, 0.1) is 0 Å². The van der Waals surface area contributed by atoms with Gasteiger partial charge in [0.15, 0.2) is 0 Å². The van der Waals surface area contributed by atoms with Crippen molar-refractivity contribution < 1.29 is 9.32 Å². The van der Waals surface area contributed by atoms with Crippen molar-refractivity contribution in [3.63, 3.8) is 0 Å². The molecular formula is C17H15IN4O2. The smallest absolute Gasteiger partial charge is 0.227 e. The highest BCUT2D eigenvalue weighted by Gasteiger charge is 2.10. The fraction of sp³-hybridized carbons (Fsp3) is 0.176. The quantitative estimate of drug-likeness (QED) is 0.604. The standard InChI is InChI=1S/C17H15IN4O2/c18-14-5-3-13(4-6-14)17-21-16(24-22-17)8-7-15(23)20-11-12-2-1-9-19-10-12/h1-6,9-10H,7-8,11H2,(H,20,23). The molecule has 1 amide bonds. The summed E-state index contributed by atoms with van der Waals surface area (Å²) in [6, 6.07) is 11.6. The third kappa shape index (κ3) is 4.60. The van der Waals surface area contributed by atoms with Crippen LogP contribution in [0.3, 0.4) is 0 Å². The minimum Gasteiger partial charge on any atom is -0.352 e. The highest BCUT2D eigenvalue weighted by atomic mass is 127. The Labute approximate surface area is 152 Å². The molecule has 3 aromatic rings. The fourth-order valence-electron chi connectivity index (χ4n) is 2.08. The van der Waals surface area contributed by atoms with Crippen LogP contribution in [-0.2, 0) is 17.8 Å². The lowest BCUT2D eigenvalue weighted by molar-refractivity contribution is -0.121. The summed E-state index contributed by atoms with van der Waals surface area (Å²) < 4.78 is 6.35. The molecule has 6 nitrogen and oxygen atoms in total. The molecular weight excluding hydrogens is 419 g/mol. The van der Waals surface area contributed by atoms with Crippen molar-refractivity contribution in [2.45, 2.75) is 19.4 Å². The summed E-state index contributed by atoms with van der Waals surface area (Å²) in [6.45, 7) is 0.463. The van der Waals surface area contributed by atoms with Crippen LogP contribution < -0.4 is 5.32 Å². The lowest BCUT2D eigenvalue weighted by Gasteiger charge is -2.03. The van der Waals surface area contributed by atoms with E-state index in [2.05, 4.69) is 43.0 Å². The third-order valence-corrected chi connectivity index (χ3v) is 4.07. The van der Waals surface area contributed by atoms with Crippen LogP contribution in [0.25, 0.3) is 11.4 Å². The highest BCUT2D eigenvalue weighted by Crippen LogP contribution is 2.17. The van der Waals surface area contributed by atoms with E-state index < -0.39 is 0 Å². The summed E-state index contributed by atoms with van der Waals surface area (Å²) in [5.74, 6) is 0.935. The van der Waals surface area contributed by atoms with Crippen LogP contribution in [0.4, 0.5) is 0 Å². The maximum Gasteiger partial charge on any atom is 0.227 e. The van der Waals surface area contributed by atoms with E-state index in [4.69, 9.17) is 4.52 Å². The van der Waals surface area contributed by atoms with Crippen LogP contribution in [0.15, 0.2) is 53.3 Å². The van der Waals surface area contributed by atoms with E-state index in [1.807, 2.05) is 36.4 Å². The van der Waals surface area contributed by atoms with Gasteiger partial charge in [-0.25, -0.2) is 0 Å². The minimum absolute atomic E-state index is 0.0622. The van der Waals surface area contributed by atoms with E-state index in [0.29, 0.717) is 31.1 Å². The summed E-state index contributed by atoms with van der Waals surface area (Å²) in [6.07, 6.45) is 4.14. The van der Waals surface area contributed by atoms with Crippen LogP contribution in [0.1, 0.15) is 17.9 Å². The summed E-state index contributed by atoms with van der Waals surface area (Å²) >= 11 is 2.24. The predicted molar refractivity (Wildman–Crippen MR) is 96.9 cm³/mol. The SMILES string of the molecule is O=C(CCc1nc(-c2ccc(I)cc2)no1)NCc1cccnc1. The van der Waals surface area contributed by atoms with E-state index in [1.54, 1.807) is 12.4 Å². The Kier molecular flexibility index (Phi) is 5.52. The molecule has 24 heavy (non-hydrogen) atoms. The van der Waals surface area contributed by atoms with Gasteiger partial charge in [0.2, 0.25) is 17.6 Å². The van der Waals surface area contributed by atoms with Gasteiger partial charge >= 0.3 is 0 Å². The molecule has 0 spiro atoms. The molecule has 3 rings (SSSR count). The molecule has 122 valence electrons. The molecule has 0 saturated heterocycles. The number of hydrogen-bond donors (Lipinski definition) is 1. The first-order chi connectivity index (χ1) is 11.7. The first kappa shape index (κ1) is 16.6. The Morgan fingerprint density at radius 1 is 1.21 bits per heavy atom. The van der Waals surface area contributed by atoms with E-state index in [0.717, 1.165) is 14.7 Å². The zero-order valence-electron chi connectivity index (χ0n) is 12.8. The molecule has 0 aliphatic carbocycles. The third-order valence-electron chi connectivity index (χ3n) is 3.35.